The Hall–Kier alpha value is -3.61. The van der Waals surface area contributed by atoms with E-state index >= 15 is 0 Å². The van der Waals surface area contributed by atoms with Gasteiger partial charge in [0.1, 0.15) is 17.9 Å². The number of anilines is 1. The number of benzene rings is 2. The lowest BCUT2D eigenvalue weighted by Gasteiger charge is -2.35. The van der Waals surface area contributed by atoms with Crippen molar-refractivity contribution in [3.05, 3.63) is 72.6 Å². The van der Waals surface area contributed by atoms with Crippen molar-refractivity contribution >= 4 is 11.8 Å². The van der Waals surface area contributed by atoms with Crippen LogP contribution in [0, 0.1) is 0 Å². The minimum absolute atomic E-state index is 0.00260. The van der Waals surface area contributed by atoms with E-state index in [1.54, 1.807) is 13.4 Å². The first-order valence-corrected chi connectivity index (χ1v) is 10.5. The molecule has 1 aliphatic rings. The van der Waals surface area contributed by atoms with Crippen LogP contribution in [0.3, 0.4) is 0 Å². The Labute approximate surface area is 182 Å². The quantitative estimate of drug-likeness (QED) is 0.667. The summed E-state index contributed by atoms with van der Waals surface area (Å²) in [7, 11) is 1.65. The van der Waals surface area contributed by atoms with E-state index in [1.807, 2.05) is 53.4 Å². The molecule has 0 aliphatic carbocycles. The monoisotopic (exact) mass is 417 g/mol. The molecule has 1 aliphatic heterocycles. The average molecular weight is 418 g/mol. The molecule has 3 aromatic rings. The molecular weight excluding hydrogens is 390 g/mol. The van der Waals surface area contributed by atoms with Gasteiger partial charge in [0, 0.05) is 44.4 Å². The predicted molar refractivity (Wildman–Crippen MR) is 121 cm³/mol. The number of hydrogen-bond acceptors (Lipinski definition) is 5. The number of carbonyl (C=O) groups is 1. The molecule has 0 bridgehead atoms. The van der Waals surface area contributed by atoms with Gasteiger partial charge >= 0.3 is 6.03 Å². The number of carbonyl (C=O) groups excluding carboxylic acids is 1. The number of amides is 2. The summed E-state index contributed by atoms with van der Waals surface area (Å²) in [6.45, 7) is 3.45. The Balaban J connectivity index is 1.29. The van der Waals surface area contributed by atoms with Gasteiger partial charge in [-0.15, -0.1) is 0 Å². The Morgan fingerprint density at radius 2 is 1.74 bits per heavy atom. The molecule has 0 spiro atoms. The first-order chi connectivity index (χ1) is 15.2. The molecule has 31 heavy (non-hydrogen) atoms. The smallest absolute Gasteiger partial charge is 0.317 e. The number of ether oxygens (including phenoxy) is 1. The fraction of sp³-hybridized carbons (Fsp3) is 0.292. The number of nitrogens with zero attached hydrogens (tertiary/aromatic N) is 4. The summed E-state index contributed by atoms with van der Waals surface area (Å²) in [5, 5.41) is 3.03. The van der Waals surface area contributed by atoms with Crippen molar-refractivity contribution in [1.29, 1.82) is 0 Å². The summed E-state index contributed by atoms with van der Waals surface area (Å²) < 4.78 is 5.22. The third-order valence-electron chi connectivity index (χ3n) is 5.46. The molecule has 2 aromatic carbocycles. The summed E-state index contributed by atoms with van der Waals surface area (Å²) in [5.74, 6) is 1.70. The second kappa shape index (κ2) is 9.93. The minimum Gasteiger partial charge on any atom is -0.497 e. The Morgan fingerprint density at radius 3 is 2.45 bits per heavy atom. The van der Waals surface area contributed by atoms with Gasteiger partial charge in [-0.05, 0) is 36.2 Å². The van der Waals surface area contributed by atoms with E-state index in [0.717, 1.165) is 42.3 Å². The van der Waals surface area contributed by atoms with Gasteiger partial charge in [-0.1, -0.05) is 30.3 Å². The lowest BCUT2D eigenvalue weighted by Crippen LogP contribution is -2.52. The van der Waals surface area contributed by atoms with Crippen LogP contribution in [0.15, 0.2) is 67.0 Å². The van der Waals surface area contributed by atoms with Gasteiger partial charge in [-0.3, -0.25) is 0 Å². The number of methoxy groups -OCH3 is 1. The fourth-order valence-electron chi connectivity index (χ4n) is 3.65. The molecule has 0 saturated carbocycles. The Morgan fingerprint density at radius 1 is 1.00 bits per heavy atom. The van der Waals surface area contributed by atoms with Crippen LogP contribution in [-0.2, 0) is 6.42 Å². The van der Waals surface area contributed by atoms with Crippen molar-refractivity contribution in [2.45, 2.75) is 6.42 Å². The van der Waals surface area contributed by atoms with Crippen molar-refractivity contribution in [3.8, 4) is 17.0 Å². The van der Waals surface area contributed by atoms with E-state index in [0.29, 0.717) is 19.6 Å². The molecule has 1 fully saturated rings. The second-order valence-electron chi connectivity index (χ2n) is 7.43. The summed E-state index contributed by atoms with van der Waals surface area (Å²) in [6.07, 6.45) is 2.43. The molecule has 2 amide bonds. The molecule has 0 unspecified atom stereocenters. The highest BCUT2D eigenvalue weighted by Gasteiger charge is 2.22. The molecule has 0 atom stereocenters. The SMILES string of the molecule is COc1ccc(-c2cc(N3CCN(C(=O)NCCc4ccccc4)CC3)ncn2)cc1. The highest BCUT2D eigenvalue weighted by atomic mass is 16.5. The van der Waals surface area contributed by atoms with Crippen LogP contribution in [0.5, 0.6) is 5.75 Å². The lowest BCUT2D eigenvalue weighted by atomic mass is 10.1. The van der Waals surface area contributed by atoms with Crippen LogP contribution in [-0.4, -0.2) is 60.7 Å². The van der Waals surface area contributed by atoms with E-state index in [9.17, 15) is 4.79 Å². The van der Waals surface area contributed by atoms with Crippen molar-refractivity contribution in [2.24, 2.45) is 0 Å². The molecule has 1 N–H and O–H groups in total. The largest absolute Gasteiger partial charge is 0.497 e. The van der Waals surface area contributed by atoms with Crippen LogP contribution in [0.2, 0.25) is 0 Å². The summed E-state index contributed by atoms with van der Waals surface area (Å²) in [6, 6.07) is 20.0. The molecule has 160 valence electrons. The van der Waals surface area contributed by atoms with Gasteiger partial charge in [-0.2, -0.15) is 0 Å². The Kier molecular flexibility index (Phi) is 6.62. The number of hydrogen-bond donors (Lipinski definition) is 1. The number of nitrogens with one attached hydrogen (secondary N) is 1. The first kappa shape index (κ1) is 20.7. The van der Waals surface area contributed by atoms with Crippen LogP contribution in [0.25, 0.3) is 11.3 Å². The predicted octanol–water partition coefficient (Wildman–Crippen LogP) is 3.23. The van der Waals surface area contributed by atoms with Crippen molar-refractivity contribution in [1.82, 2.24) is 20.2 Å². The second-order valence-corrected chi connectivity index (χ2v) is 7.43. The van der Waals surface area contributed by atoms with Crippen LogP contribution in [0.4, 0.5) is 10.6 Å². The first-order valence-electron chi connectivity index (χ1n) is 10.5. The normalized spacial score (nSPS) is 13.7. The van der Waals surface area contributed by atoms with Crippen LogP contribution >= 0.6 is 0 Å². The third-order valence-corrected chi connectivity index (χ3v) is 5.46. The van der Waals surface area contributed by atoms with Crippen LogP contribution < -0.4 is 15.0 Å². The Bertz CT molecular complexity index is 986. The summed E-state index contributed by atoms with van der Waals surface area (Å²) in [5.41, 5.74) is 3.11. The van der Waals surface area contributed by atoms with Gasteiger partial charge in [0.05, 0.1) is 12.8 Å². The minimum atomic E-state index is -0.00260. The topological polar surface area (TPSA) is 70.6 Å². The summed E-state index contributed by atoms with van der Waals surface area (Å²) in [4.78, 5) is 25.4. The molecule has 7 heteroatoms. The third kappa shape index (κ3) is 5.31. The van der Waals surface area contributed by atoms with Crippen molar-refractivity contribution < 1.29 is 9.53 Å². The van der Waals surface area contributed by atoms with E-state index in [2.05, 4.69) is 32.3 Å². The number of piperazine rings is 1. The maximum absolute atomic E-state index is 12.5. The zero-order chi connectivity index (χ0) is 21.5. The zero-order valence-electron chi connectivity index (χ0n) is 17.7. The maximum atomic E-state index is 12.5. The zero-order valence-corrected chi connectivity index (χ0v) is 17.7. The number of rotatable bonds is 6. The van der Waals surface area contributed by atoms with Gasteiger partial charge in [0.25, 0.3) is 0 Å². The van der Waals surface area contributed by atoms with Crippen molar-refractivity contribution in [2.75, 3.05) is 44.7 Å². The molecule has 1 saturated heterocycles. The molecular formula is C24H27N5O2. The molecule has 4 rings (SSSR count). The number of urea groups is 1. The number of aromatic nitrogens is 2. The van der Waals surface area contributed by atoms with E-state index < -0.39 is 0 Å². The molecule has 1 aromatic heterocycles. The van der Waals surface area contributed by atoms with E-state index in [1.165, 1.54) is 5.56 Å². The molecule has 7 nitrogen and oxygen atoms in total. The highest BCUT2D eigenvalue weighted by molar-refractivity contribution is 5.74. The van der Waals surface area contributed by atoms with E-state index in [4.69, 9.17) is 4.74 Å². The van der Waals surface area contributed by atoms with Gasteiger partial charge in [0.2, 0.25) is 0 Å². The molecule has 0 radical (unpaired) electrons. The maximum Gasteiger partial charge on any atom is 0.317 e. The fourth-order valence-corrected chi connectivity index (χ4v) is 3.65. The average Bonchev–Trinajstić information content (AvgIpc) is 2.85. The van der Waals surface area contributed by atoms with Gasteiger partial charge in [0.15, 0.2) is 0 Å². The summed E-state index contributed by atoms with van der Waals surface area (Å²) >= 11 is 0. The lowest BCUT2D eigenvalue weighted by molar-refractivity contribution is 0.194. The highest BCUT2D eigenvalue weighted by Crippen LogP contribution is 2.23. The van der Waals surface area contributed by atoms with E-state index in [-0.39, 0.29) is 6.03 Å². The standard InChI is InChI=1S/C24H27N5O2/c1-31-21-9-7-20(8-10-21)22-17-23(27-18-26-22)28-13-15-29(16-14-28)24(30)25-12-11-19-5-3-2-4-6-19/h2-10,17-18H,11-16H2,1H3,(H,25,30). The van der Waals surface area contributed by atoms with Crippen LogP contribution in [0.1, 0.15) is 5.56 Å². The molecule has 2 heterocycles. The van der Waals surface area contributed by atoms with Crippen molar-refractivity contribution in [3.63, 3.8) is 0 Å². The van der Waals surface area contributed by atoms with Gasteiger partial charge in [-0.25, -0.2) is 14.8 Å². The van der Waals surface area contributed by atoms with Gasteiger partial charge < -0.3 is 19.9 Å².